The van der Waals surface area contributed by atoms with Gasteiger partial charge in [-0.3, -0.25) is 4.99 Å². The molecule has 5 heteroatoms. The SMILES string of the molecule is Clc1ccc(C2=NC3=C(CCNc4ccccc43)C3=NCCN32)cc1. The monoisotopic (exact) mass is 348 g/mol. The largest absolute Gasteiger partial charge is 0.384 e. The lowest BCUT2D eigenvalue weighted by atomic mass is 10.00. The van der Waals surface area contributed by atoms with Crippen LogP contribution in [0.3, 0.4) is 0 Å². The number of amidine groups is 2. The van der Waals surface area contributed by atoms with E-state index in [1.54, 1.807) is 0 Å². The van der Waals surface area contributed by atoms with Gasteiger partial charge in [-0.2, -0.15) is 0 Å². The number of rotatable bonds is 1. The fourth-order valence-corrected chi connectivity index (χ4v) is 3.82. The van der Waals surface area contributed by atoms with E-state index in [0.29, 0.717) is 0 Å². The van der Waals surface area contributed by atoms with Crippen molar-refractivity contribution >= 4 is 34.7 Å². The van der Waals surface area contributed by atoms with Gasteiger partial charge in [0, 0.05) is 40.5 Å². The zero-order chi connectivity index (χ0) is 16.8. The van der Waals surface area contributed by atoms with Crippen LogP contribution in [0.2, 0.25) is 5.02 Å². The van der Waals surface area contributed by atoms with Crippen LogP contribution in [-0.4, -0.2) is 36.2 Å². The van der Waals surface area contributed by atoms with E-state index in [1.165, 1.54) is 5.57 Å². The Morgan fingerprint density at radius 2 is 1.84 bits per heavy atom. The molecule has 5 rings (SSSR count). The zero-order valence-corrected chi connectivity index (χ0v) is 14.4. The lowest BCUT2D eigenvalue weighted by Gasteiger charge is -2.29. The van der Waals surface area contributed by atoms with Crippen LogP contribution in [0.25, 0.3) is 5.70 Å². The Bertz CT molecular complexity index is 940. The van der Waals surface area contributed by atoms with E-state index in [2.05, 4.69) is 34.5 Å². The summed E-state index contributed by atoms with van der Waals surface area (Å²) in [6.07, 6.45) is 0.927. The molecule has 3 heterocycles. The molecular weight excluding hydrogens is 332 g/mol. The van der Waals surface area contributed by atoms with E-state index in [-0.39, 0.29) is 0 Å². The van der Waals surface area contributed by atoms with Gasteiger partial charge >= 0.3 is 0 Å². The number of nitrogens with zero attached hydrogens (tertiary/aromatic N) is 3. The minimum atomic E-state index is 0.736. The van der Waals surface area contributed by atoms with Crippen molar-refractivity contribution in [2.45, 2.75) is 6.42 Å². The van der Waals surface area contributed by atoms with Crippen LogP contribution in [0.1, 0.15) is 17.5 Å². The average Bonchev–Trinajstić information content (AvgIpc) is 3.05. The normalized spacial score (nSPS) is 18.5. The van der Waals surface area contributed by atoms with Crippen LogP contribution in [0.5, 0.6) is 0 Å². The number of hydrogen-bond acceptors (Lipinski definition) is 4. The predicted molar refractivity (Wildman–Crippen MR) is 103 cm³/mol. The van der Waals surface area contributed by atoms with Crippen LogP contribution in [0.15, 0.2) is 64.1 Å². The van der Waals surface area contributed by atoms with Crippen molar-refractivity contribution in [3.8, 4) is 0 Å². The van der Waals surface area contributed by atoms with Crippen LogP contribution >= 0.6 is 11.6 Å². The fraction of sp³-hybridized carbons (Fsp3) is 0.200. The maximum atomic E-state index is 6.07. The number of anilines is 1. The fourth-order valence-electron chi connectivity index (χ4n) is 3.69. The van der Waals surface area contributed by atoms with Gasteiger partial charge in [-0.05, 0) is 36.8 Å². The van der Waals surface area contributed by atoms with E-state index >= 15 is 0 Å². The van der Waals surface area contributed by atoms with Gasteiger partial charge in [0.25, 0.3) is 0 Å². The third-order valence-corrected chi connectivity index (χ3v) is 5.10. The van der Waals surface area contributed by atoms with Crippen molar-refractivity contribution in [3.63, 3.8) is 0 Å². The van der Waals surface area contributed by atoms with Gasteiger partial charge in [0.1, 0.15) is 11.7 Å². The van der Waals surface area contributed by atoms with Gasteiger partial charge in [0.15, 0.2) is 0 Å². The minimum absolute atomic E-state index is 0.736. The molecule has 0 saturated heterocycles. The van der Waals surface area contributed by atoms with E-state index < -0.39 is 0 Å². The third kappa shape index (κ3) is 2.36. The van der Waals surface area contributed by atoms with E-state index in [4.69, 9.17) is 21.6 Å². The first kappa shape index (κ1) is 14.7. The van der Waals surface area contributed by atoms with Crippen LogP contribution in [-0.2, 0) is 0 Å². The molecule has 0 aliphatic carbocycles. The zero-order valence-electron chi connectivity index (χ0n) is 13.7. The standard InChI is InChI=1S/C20H17ClN4/c21-14-7-5-13(6-8-14)19-24-18-15-3-1-2-4-17(15)22-10-9-16(18)20-23-11-12-25(19)20/h1-8,22H,9-12H2. The molecule has 0 fully saturated rings. The molecule has 0 radical (unpaired) electrons. The molecule has 0 bridgehead atoms. The van der Waals surface area contributed by atoms with Crippen molar-refractivity contribution < 1.29 is 0 Å². The maximum Gasteiger partial charge on any atom is 0.142 e. The molecule has 2 aromatic carbocycles. The molecule has 0 unspecified atom stereocenters. The van der Waals surface area contributed by atoms with Gasteiger partial charge in [-0.25, -0.2) is 4.99 Å². The van der Waals surface area contributed by atoms with E-state index in [1.807, 2.05) is 24.3 Å². The highest BCUT2D eigenvalue weighted by atomic mass is 35.5. The van der Waals surface area contributed by atoms with Crippen molar-refractivity contribution in [1.82, 2.24) is 4.90 Å². The smallest absolute Gasteiger partial charge is 0.142 e. The lowest BCUT2D eigenvalue weighted by Crippen LogP contribution is -2.38. The van der Waals surface area contributed by atoms with Crippen LogP contribution < -0.4 is 5.32 Å². The van der Waals surface area contributed by atoms with E-state index in [0.717, 1.165) is 65.3 Å². The summed E-state index contributed by atoms with van der Waals surface area (Å²) in [7, 11) is 0. The summed E-state index contributed by atoms with van der Waals surface area (Å²) in [4.78, 5) is 12.2. The number of aliphatic imine (C=N–C) groups is 2. The molecule has 124 valence electrons. The summed E-state index contributed by atoms with van der Waals surface area (Å²) < 4.78 is 0. The van der Waals surface area contributed by atoms with Crippen LogP contribution in [0.4, 0.5) is 5.69 Å². The molecule has 3 aliphatic rings. The van der Waals surface area contributed by atoms with Gasteiger partial charge in [-0.15, -0.1) is 0 Å². The first-order valence-corrected chi connectivity index (χ1v) is 8.92. The molecule has 2 aromatic rings. The number of fused-ring (bicyclic) bond motifs is 4. The Morgan fingerprint density at radius 1 is 1.00 bits per heavy atom. The molecule has 1 N–H and O–H groups in total. The number of hydrogen-bond donors (Lipinski definition) is 1. The molecule has 0 spiro atoms. The molecule has 0 aromatic heterocycles. The molecule has 0 atom stereocenters. The highest BCUT2D eigenvalue weighted by Gasteiger charge is 2.33. The second-order valence-electron chi connectivity index (χ2n) is 6.35. The van der Waals surface area contributed by atoms with E-state index in [9.17, 15) is 0 Å². The highest BCUT2D eigenvalue weighted by Crippen LogP contribution is 2.37. The van der Waals surface area contributed by atoms with Gasteiger partial charge in [0.2, 0.25) is 0 Å². The summed E-state index contributed by atoms with van der Waals surface area (Å²) in [5.74, 6) is 2.04. The van der Waals surface area contributed by atoms with Crippen molar-refractivity contribution in [2.24, 2.45) is 9.98 Å². The number of nitrogens with one attached hydrogen (secondary N) is 1. The van der Waals surface area contributed by atoms with Gasteiger partial charge in [0.05, 0.1) is 12.2 Å². The number of para-hydroxylation sites is 1. The summed E-state index contributed by atoms with van der Waals surface area (Å²) in [5, 5.41) is 4.26. The van der Waals surface area contributed by atoms with Crippen molar-refractivity contribution in [3.05, 3.63) is 70.3 Å². The third-order valence-electron chi connectivity index (χ3n) is 4.85. The summed E-state index contributed by atoms with van der Waals surface area (Å²) in [6, 6.07) is 16.3. The summed E-state index contributed by atoms with van der Waals surface area (Å²) >= 11 is 6.07. The Hall–Kier alpha value is -2.59. The van der Waals surface area contributed by atoms with Gasteiger partial charge in [-0.1, -0.05) is 29.8 Å². The first-order valence-electron chi connectivity index (χ1n) is 8.55. The molecule has 4 nitrogen and oxygen atoms in total. The highest BCUT2D eigenvalue weighted by molar-refractivity contribution is 6.30. The Balaban J connectivity index is 1.73. The second-order valence-corrected chi connectivity index (χ2v) is 6.79. The molecule has 0 saturated carbocycles. The molecular formula is C20H17ClN4. The number of benzene rings is 2. The molecule has 3 aliphatic heterocycles. The Kier molecular flexibility index (Phi) is 3.38. The maximum absolute atomic E-state index is 6.07. The number of halogens is 1. The van der Waals surface area contributed by atoms with Crippen molar-refractivity contribution in [1.29, 1.82) is 0 Å². The topological polar surface area (TPSA) is 40.0 Å². The lowest BCUT2D eigenvalue weighted by molar-refractivity contribution is 0.659. The second kappa shape index (κ2) is 5.74. The van der Waals surface area contributed by atoms with Gasteiger partial charge < -0.3 is 10.2 Å². The minimum Gasteiger partial charge on any atom is -0.384 e. The quantitative estimate of drug-likeness (QED) is 0.844. The Morgan fingerprint density at radius 3 is 2.72 bits per heavy atom. The summed E-state index contributed by atoms with van der Waals surface area (Å²) in [5.41, 5.74) is 5.64. The Labute approximate surface area is 151 Å². The predicted octanol–water partition coefficient (Wildman–Crippen LogP) is 4.04. The molecule has 0 amide bonds. The van der Waals surface area contributed by atoms with Crippen LogP contribution in [0, 0.1) is 0 Å². The first-order chi connectivity index (χ1) is 12.3. The molecule has 25 heavy (non-hydrogen) atoms. The average molecular weight is 349 g/mol. The summed E-state index contributed by atoms with van der Waals surface area (Å²) in [6.45, 7) is 2.59. The van der Waals surface area contributed by atoms with Crippen molar-refractivity contribution in [2.75, 3.05) is 25.0 Å².